The van der Waals surface area contributed by atoms with Crippen LogP contribution in [0.3, 0.4) is 0 Å². The van der Waals surface area contributed by atoms with E-state index in [1.165, 1.54) is 19.4 Å². The molecule has 0 fully saturated rings. The van der Waals surface area contributed by atoms with Crippen molar-refractivity contribution in [2.75, 3.05) is 17.8 Å². The van der Waals surface area contributed by atoms with Crippen LogP contribution in [-0.4, -0.2) is 12.0 Å². The van der Waals surface area contributed by atoms with Gasteiger partial charge in [-0.2, -0.15) is 0 Å². The van der Waals surface area contributed by atoms with Crippen LogP contribution in [0.25, 0.3) is 0 Å². The third-order valence-corrected chi connectivity index (χ3v) is 1.59. The van der Waals surface area contributed by atoms with E-state index < -0.39 is 6.43 Å². The summed E-state index contributed by atoms with van der Waals surface area (Å²) in [6.45, 7) is 3.34. The maximum absolute atomic E-state index is 12.5. The number of hydrazine groups is 1. The fourth-order valence-corrected chi connectivity index (χ4v) is 0.954. The monoisotopic (exact) mass is 231 g/mol. The lowest BCUT2D eigenvalue weighted by atomic mass is 10.2. The van der Waals surface area contributed by atoms with Crippen LogP contribution in [0.2, 0.25) is 0 Å². The molecule has 5 nitrogen and oxygen atoms in total. The Hall–Kier alpha value is -1.73. The van der Waals surface area contributed by atoms with Crippen LogP contribution >= 0.6 is 0 Å². The number of nitrogens with two attached hydrogens (primary N) is 3. The van der Waals surface area contributed by atoms with E-state index in [0.717, 1.165) is 11.1 Å². The summed E-state index contributed by atoms with van der Waals surface area (Å²) in [6.07, 6.45) is -0.235. The number of alkyl halides is 2. The molecular formula is C9H15F2N5. The first-order valence-electron chi connectivity index (χ1n) is 4.34. The molecule has 0 spiro atoms. The van der Waals surface area contributed by atoms with Crippen LogP contribution in [0, 0.1) is 0 Å². The highest BCUT2D eigenvalue weighted by molar-refractivity contribution is 5.54. The first kappa shape index (κ1) is 14.3. The third kappa shape index (κ3) is 3.44. The first-order chi connectivity index (χ1) is 7.56. The summed E-state index contributed by atoms with van der Waals surface area (Å²) < 4.78 is 25.0. The Balaban J connectivity index is 0.00000106. The molecule has 0 atom stereocenters. The number of anilines is 2. The van der Waals surface area contributed by atoms with Gasteiger partial charge in [-0.1, -0.05) is 6.58 Å². The fourth-order valence-electron chi connectivity index (χ4n) is 0.954. The number of hydrogen-bond acceptors (Lipinski definition) is 5. The topological polar surface area (TPSA) is 94.2 Å². The second-order valence-electron chi connectivity index (χ2n) is 2.57. The van der Waals surface area contributed by atoms with Gasteiger partial charge in [-0.25, -0.2) is 19.6 Å². The summed E-state index contributed by atoms with van der Waals surface area (Å²) in [7, 11) is 1.50. The zero-order valence-electron chi connectivity index (χ0n) is 8.90. The van der Waals surface area contributed by atoms with Crippen molar-refractivity contribution in [2.24, 2.45) is 11.6 Å². The van der Waals surface area contributed by atoms with Gasteiger partial charge in [-0.15, -0.1) is 0 Å². The molecule has 0 bridgehead atoms. The number of nitrogen functional groups attached to an aromatic ring is 1. The molecule has 0 saturated carbocycles. The second-order valence-corrected chi connectivity index (χ2v) is 2.57. The summed E-state index contributed by atoms with van der Waals surface area (Å²) in [5.41, 5.74) is 9.68. The molecule has 16 heavy (non-hydrogen) atoms. The molecule has 7 heteroatoms. The summed E-state index contributed by atoms with van der Waals surface area (Å²) in [6, 6.07) is 1.14. The largest absolute Gasteiger partial charge is 0.397 e. The van der Waals surface area contributed by atoms with Crippen LogP contribution in [0.1, 0.15) is 12.0 Å². The molecule has 0 unspecified atom stereocenters. The highest BCUT2D eigenvalue weighted by atomic mass is 19.3. The van der Waals surface area contributed by atoms with E-state index in [1.807, 2.05) is 0 Å². The van der Waals surface area contributed by atoms with Crippen LogP contribution < -0.4 is 22.3 Å². The SMILES string of the molecule is C=CN(N)c1ncc(N)cc1C(F)F.CN. The van der Waals surface area contributed by atoms with Crippen molar-refractivity contribution in [1.82, 2.24) is 4.98 Å². The third-order valence-electron chi connectivity index (χ3n) is 1.59. The number of rotatable bonds is 3. The Kier molecular flexibility index (Phi) is 5.97. The highest BCUT2D eigenvalue weighted by Gasteiger charge is 2.16. The molecule has 1 aromatic heterocycles. The van der Waals surface area contributed by atoms with Gasteiger partial charge in [0.25, 0.3) is 6.43 Å². The maximum Gasteiger partial charge on any atom is 0.267 e. The van der Waals surface area contributed by atoms with E-state index in [2.05, 4.69) is 17.3 Å². The molecule has 0 aliphatic rings. The molecule has 6 N–H and O–H groups in total. The lowest BCUT2D eigenvalue weighted by molar-refractivity contribution is 0.151. The summed E-state index contributed by atoms with van der Waals surface area (Å²) in [4.78, 5) is 3.69. The predicted octanol–water partition coefficient (Wildman–Crippen LogP) is 1.000. The van der Waals surface area contributed by atoms with E-state index >= 15 is 0 Å². The lowest BCUT2D eigenvalue weighted by Crippen LogP contribution is -2.26. The average Bonchev–Trinajstić information content (AvgIpc) is 2.30. The molecule has 1 rings (SSSR count). The Bertz CT molecular complexity index is 343. The van der Waals surface area contributed by atoms with E-state index in [0.29, 0.717) is 0 Å². The van der Waals surface area contributed by atoms with Gasteiger partial charge in [0, 0.05) is 6.20 Å². The van der Waals surface area contributed by atoms with E-state index in [-0.39, 0.29) is 17.1 Å². The number of hydrogen-bond donors (Lipinski definition) is 3. The highest BCUT2D eigenvalue weighted by Crippen LogP contribution is 2.28. The standard InChI is InChI=1S/C8H10F2N4.CH5N/c1-2-14(12)8-6(7(9)10)3-5(11)4-13-8;1-2/h2-4,7H,1,11-12H2;2H2,1H3. The van der Waals surface area contributed by atoms with Gasteiger partial charge in [-0.05, 0) is 13.1 Å². The van der Waals surface area contributed by atoms with Crippen molar-refractivity contribution >= 4 is 11.5 Å². The number of aromatic nitrogens is 1. The molecule has 0 amide bonds. The normalized spacial score (nSPS) is 9.38. The molecule has 0 aliphatic carbocycles. The van der Waals surface area contributed by atoms with Gasteiger partial charge >= 0.3 is 0 Å². The Morgan fingerprint density at radius 3 is 2.50 bits per heavy atom. The minimum atomic E-state index is -2.67. The van der Waals surface area contributed by atoms with Crippen molar-refractivity contribution in [2.45, 2.75) is 6.43 Å². The smallest absolute Gasteiger partial charge is 0.267 e. The van der Waals surface area contributed by atoms with Crippen molar-refractivity contribution < 1.29 is 8.78 Å². The number of pyridine rings is 1. The van der Waals surface area contributed by atoms with Crippen molar-refractivity contribution in [1.29, 1.82) is 0 Å². The second kappa shape index (κ2) is 6.70. The average molecular weight is 231 g/mol. The van der Waals surface area contributed by atoms with Crippen LogP contribution in [0.5, 0.6) is 0 Å². The molecule has 0 aromatic carbocycles. The molecule has 0 radical (unpaired) electrons. The van der Waals surface area contributed by atoms with Gasteiger partial charge < -0.3 is 11.5 Å². The quantitative estimate of drug-likeness (QED) is 0.533. The Morgan fingerprint density at radius 1 is 1.50 bits per heavy atom. The van der Waals surface area contributed by atoms with Crippen LogP contribution in [0.15, 0.2) is 25.0 Å². The molecule has 0 saturated heterocycles. The molecular weight excluding hydrogens is 216 g/mol. The summed E-state index contributed by atoms with van der Waals surface area (Å²) in [5, 5.41) is 0.918. The van der Waals surface area contributed by atoms with E-state index in [1.54, 1.807) is 0 Å². The van der Waals surface area contributed by atoms with Crippen LogP contribution in [-0.2, 0) is 0 Å². The predicted molar refractivity (Wildman–Crippen MR) is 60.6 cm³/mol. The van der Waals surface area contributed by atoms with E-state index in [4.69, 9.17) is 11.6 Å². The van der Waals surface area contributed by atoms with E-state index in [9.17, 15) is 8.78 Å². The minimum Gasteiger partial charge on any atom is -0.397 e. The number of nitrogens with zero attached hydrogens (tertiary/aromatic N) is 2. The van der Waals surface area contributed by atoms with Gasteiger partial charge in [0.15, 0.2) is 5.82 Å². The molecule has 90 valence electrons. The van der Waals surface area contributed by atoms with Gasteiger partial charge in [0.05, 0.1) is 17.4 Å². The van der Waals surface area contributed by atoms with Crippen LogP contribution in [0.4, 0.5) is 20.3 Å². The van der Waals surface area contributed by atoms with Crippen molar-refractivity contribution in [3.8, 4) is 0 Å². The summed E-state index contributed by atoms with van der Waals surface area (Å²) in [5.74, 6) is 5.31. The summed E-state index contributed by atoms with van der Waals surface area (Å²) >= 11 is 0. The zero-order chi connectivity index (χ0) is 12.7. The minimum absolute atomic E-state index is 0.0517. The maximum atomic E-state index is 12.5. The number of halogens is 2. The zero-order valence-corrected chi connectivity index (χ0v) is 8.90. The lowest BCUT2D eigenvalue weighted by Gasteiger charge is -2.15. The molecule has 1 heterocycles. The molecule has 1 aromatic rings. The van der Waals surface area contributed by atoms with Gasteiger partial charge in [0.1, 0.15) is 0 Å². The Morgan fingerprint density at radius 2 is 2.06 bits per heavy atom. The molecule has 0 aliphatic heterocycles. The van der Waals surface area contributed by atoms with Gasteiger partial charge in [0.2, 0.25) is 0 Å². The first-order valence-corrected chi connectivity index (χ1v) is 4.34. The fraction of sp³-hybridized carbons (Fsp3) is 0.222. The van der Waals surface area contributed by atoms with Gasteiger partial charge in [-0.3, -0.25) is 5.01 Å². The van der Waals surface area contributed by atoms with Crippen molar-refractivity contribution in [3.05, 3.63) is 30.6 Å². The Labute approximate surface area is 92.5 Å². The van der Waals surface area contributed by atoms with Crippen molar-refractivity contribution in [3.63, 3.8) is 0 Å².